The van der Waals surface area contributed by atoms with Gasteiger partial charge in [0.05, 0.1) is 11.0 Å². The number of carboxylic acid groups (broad SMARTS) is 8. The molecule has 0 fully saturated rings. The van der Waals surface area contributed by atoms with Crippen molar-refractivity contribution in [3.63, 3.8) is 0 Å². The summed E-state index contributed by atoms with van der Waals surface area (Å²) in [6.45, 7) is 6.91. The fraction of sp³-hybridized carbons (Fsp3) is 0.273. The van der Waals surface area contributed by atoms with E-state index in [1.54, 1.807) is 0 Å². The van der Waals surface area contributed by atoms with Crippen LogP contribution in [0.5, 0.6) is 0 Å². The van der Waals surface area contributed by atoms with E-state index < -0.39 is 109 Å². The van der Waals surface area contributed by atoms with Crippen LogP contribution >= 0.6 is 0 Å². The van der Waals surface area contributed by atoms with E-state index in [1.807, 2.05) is 0 Å². The molecule has 0 atom stereocenters. The molecule has 0 heterocycles. The molecule has 0 radical (unpaired) electrons. The quantitative estimate of drug-likeness (QED) is 0.0800. The Morgan fingerprint density at radius 2 is 0.673 bits per heavy atom. The molecule has 0 aromatic rings. The van der Waals surface area contributed by atoms with Gasteiger partial charge in [0.15, 0.2) is 0 Å². The van der Waals surface area contributed by atoms with Crippen LogP contribution in [0.2, 0.25) is 0 Å². The van der Waals surface area contributed by atoms with Gasteiger partial charge in [-0.15, -0.1) is 0 Å². The second-order valence-corrected chi connectivity index (χ2v) is 11.0. The summed E-state index contributed by atoms with van der Waals surface area (Å²) < 4.78 is 0. The van der Waals surface area contributed by atoms with E-state index >= 15 is 0 Å². The van der Waals surface area contributed by atoms with Crippen LogP contribution in [-0.4, -0.2) is 88.6 Å². The predicted molar refractivity (Wildman–Crippen MR) is 169 cm³/mol. The van der Waals surface area contributed by atoms with Crippen LogP contribution in [0, 0.1) is 10.8 Å². The molecule has 264 valence electrons. The van der Waals surface area contributed by atoms with Crippen molar-refractivity contribution in [1.29, 1.82) is 0 Å². The highest BCUT2D eigenvalue weighted by molar-refractivity contribution is 5.99. The van der Waals surface area contributed by atoms with Crippen molar-refractivity contribution in [2.24, 2.45) is 10.8 Å². The maximum atomic E-state index is 13.2. The zero-order valence-corrected chi connectivity index (χ0v) is 27.4. The molecule has 0 bridgehead atoms. The summed E-state index contributed by atoms with van der Waals surface area (Å²) in [5.74, 6) is -13.8. The third kappa shape index (κ3) is 11.8. The molecule has 0 aromatic carbocycles. The Morgan fingerprint density at radius 1 is 0.388 bits per heavy atom. The molecular formula is C33H36O16. The molecule has 0 rings (SSSR count). The summed E-state index contributed by atoms with van der Waals surface area (Å²) in [7, 11) is 0. The molecule has 8 N–H and O–H groups in total. The first-order chi connectivity index (χ1) is 22.2. The lowest BCUT2D eigenvalue weighted by Gasteiger charge is -2.32. The third-order valence-corrected chi connectivity index (χ3v) is 6.84. The van der Waals surface area contributed by atoms with Crippen molar-refractivity contribution < 1.29 is 79.2 Å². The maximum Gasteiger partial charge on any atom is 0.333 e. The molecule has 0 spiro atoms. The summed E-state index contributed by atoms with van der Waals surface area (Å²) >= 11 is 0. The molecular weight excluding hydrogens is 652 g/mol. The summed E-state index contributed by atoms with van der Waals surface area (Å²) in [6, 6.07) is 0. The fourth-order valence-corrected chi connectivity index (χ4v) is 4.42. The largest absolute Gasteiger partial charge is 0.478 e. The van der Waals surface area contributed by atoms with Crippen molar-refractivity contribution >= 4 is 47.8 Å². The van der Waals surface area contributed by atoms with Gasteiger partial charge >= 0.3 is 47.8 Å². The van der Waals surface area contributed by atoms with Crippen LogP contribution in [0.15, 0.2) is 92.7 Å². The highest BCUT2D eigenvalue weighted by Gasteiger charge is 2.41. The lowest BCUT2D eigenvalue weighted by Crippen LogP contribution is -2.30. The monoisotopic (exact) mass is 688 g/mol. The molecule has 0 saturated heterocycles. The van der Waals surface area contributed by atoms with Crippen LogP contribution in [0.25, 0.3) is 0 Å². The Balaban J connectivity index is 9.80. The zero-order chi connectivity index (χ0) is 38.8. The van der Waals surface area contributed by atoms with Gasteiger partial charge < -0.3 is 40.9 Å². The molecule has 49 heavy (non-hydrogen) atoms. The Bertz CT molecular complexity index is 1640. The number of carbonyl (C=O) groups is 8. The van der Waals surface area contributed by atoms with Gasteiger partial charge in [-0.1, -0.05) is 30.4 Å². The molecule has 0 aliphatic heterocycles. The number of aliphatic carboxylic acids is 8. The molecule has 16 heteroatoms. The lowest BCUT2D eigenvalue weighted by molar-refractivity contribution is -0.135. The highest BCUT2D eigenvalue weighted by atomic mass is 16.4. The van der Waals surface area contributed by atoms with Gasteiger partial charge in [0.2, 0.25) is 0 Å². The number of hydrogen-bond acceptors (Lipinski definition) is 8. The van der Waals surface area contributed by atoms with Crippen molar-refractivity contribution in [1.82, 2.24) is 0 Å². The zero-order valence-electron chi connectivity index (χ0n) is 27.4. The molecule has 0 unspecified atom stereocenters. The van der Waals surface area contributed by atoms with Gasteiger partial charge in [-0.25, -0.2) is 38.4 Å². The summed E-state index contributed by atoms with van der Waals surface area (Å²) in [5, 5.41) is 79.1. The maximum absolute atomic E-state index is 13.2. The van der Waals surface area contributed by atoms with Crippen molar-refractivity contribution in [2.75, 3.05) is 0 Å². The smallest absolute Gasteiger partial charge is 0.333 e. The molecule has 0 amide bonds. The average Bonchev–Trinajstić information content (AvgIpc) is 2.94. The first-order valence-corrected chi connectivity index (χ1v) is 13.7. The Kier molecular flexibility index (Phi) is 14.8. The minimum atomic E-state index is -2.85. The number of hydrogen-bond donors (Lipinski definition) is 8. The van der Waals surface area contributed by atoms with Crippen LogP contribution < -0.4 is 0 Å². The highest BCUT2D eigenvalue weighted by Crippen LogP contribution is 2.44. The van der Waals surface area contributed by atoms with Gasteiger partial charge in [-0.3, -0.25) is 0 Å². The van der Waals surface area contributed by atoms with Crippen LogP contribution in [0.1, 0.15) is 48.5 Å². The minimum Gasteiger partial charge on any atom is -0.478 e. The van der Waals surface area contributed by atoms with E-state index in [1.165, 1.54) is 0 Å². The van der Waals surface area contributed by atoms with E-state index in [0.717, 1.165) is 60.6 Å². The lowest BCUT2D eigenvalue weighted by atomic mass is 9.69. The average molecular weight is 689 g/mol. The number of allylic oxidation sites excluding steroid dienone is 8. The van der Waals surface area contributed by atoms with Crippen LogP contribution in [-0.2, 0) is 38.4 Å². The van der Waals surface area contributed by atoms with E-state index in [0.29, 0.717) is 30.4 Å². The molecule has 16 nitrogen and oxygen atoms in total. The second-order valence-electron chi connectivity index (χ2n) is 11.0. The topological polar surface area (TPSA) is 298 Å². The van der Waals surface area contributed by atoms with Gasteiger partial charge in [-0.05, 0) is 66.2 Å². The first kappa shape index (κ1) is 42.7. The summed E-state index contributed by atoms with van der Waals surface area (Å²) in [4.78, 5) is 97.7. The third-order valence-electron chi connectivity index (χ3n) is 6.84. The van der Waals surface area contributed by atoms with Crippen LogP contribution in [0.3, 0.4) is 0 Å². The van der Waals surface area contributed by atoms with E-state index in [2.05, 4.69) is 0 Å². The molecule has 0 aromatic heterocycles. The standard InChI is InChI=1S/C33H36O16/c1-15(24(34)35)8-21(9-16(2)25(36)37)23(31(48)49)33(12-19(5)28(42)43,13-20(6)29(44)45)14-22(30(46)47)32(7,10-17(3)26(38)39)11-18(4)27(40)41/h8-14H,1-7H3,(H,34,35)(H,36,37)(H,38,39)(H,40,41)(H,42,43)(H,44,45)(H,46,47)(H,48,49). The van der Waals surface area contributed by atoms with Crippen molar-refractivity contribution in [3.05, 3.63) is 92.7 Å². The van der Waals surface area contributed by atoms with E-state index in [9.17, 15) is 79.2 Å². The summed E-state index contributed by atoms with van der Waals surface area (Å²) in [6.07, 6.45) is 4.75. The minimum absolute atomic E-state index is 0.529. The SMILES string of the molecule is CC(=CC(C=C(C)C(=O)O)=C(C(=O)O)C(C=C(C)C(=O)O)(C=C(C)C(=O)O)C=C(C(=O)O)C(C)(C=C(C)C(=O)O)C=C(C)C(=O)O)C(=O)O. The van der Waals surface area contributed by atoms with E-state index in [-0.39, 0.29) is 0 Å². The number of carboxylic acids is 8. The van der Waals surface area contributed by atoms with Crippen molar-refractivity contribution in [2.45, 2.75) is 48.5 Å². The Labute approximate surface area is 279 Å². The Morgan fingerprint density at radius 3 is 0.918 bits per heavy atom. The van der Waals surface area contributed by atoms with E-state index in [4.69, 9.17) is 0 Å². The fourth-order valence-electron chi connectivity index (χ4n) is 4.42. The van der Waals surface area contributed by atoms with Gasteiger partial charge in [-0.2, -0.15) is 0 Å². The summed E-state index contributed by atoms with van der Waals surface area (Å²) in [5.41, 5.74) is -11.7. The normalized spacial score (nSPS) is 16.1. The second kappa shape index (κ2) is 17.0. The first-order valence-electron chi connectivity index (χ1n) is 13.7. The Hall–Kier alpha value is -6.32. The molecule has 0 saturated carbocycles. The van der Waals surface area contributed by atoms with Gasteiger partial charge in [0.1, 0.15) is 0 Å². The predicted octanol–water partition coefficient (Wildman–Crippen LogP) is 3.56. The molecule has 0 aliphatic carbocycles. The van der Waals surface area contributed by atoms with Gasteiger partial charge in [0.25, 0.3) is 0 Å². The van der Waals surface area contributed by atoms with Crippen molar-refractivity contribution in [3.8, 4) is 0 Å². The van der Waals surface area contributed by atoms with Gasteiger partial charge in [0, 0.05) is 44.4 Å². The molecule has 0 aliphatic rings. The number of rotatable bonds is 17. The van der Waals surface area contributed by atoms with Crippen LogP contribution in [0.4, 0.5) is 0 Å².